The molecule has 0 bridgehead atoms. The summed E-state index contributed by atoms with van der Waals surface area (Å²) in [6.07, 6.45) is 8.58. The van der Waals surface area contributed by atoms with E-state index in [1.807, 2.05) is 19.1 Å². The molecule has 0 aliphatic carbocycles. The van der Waals surface area contributed by atoms with Crippen molar-refractivity contribution in [3.8, 4) is 5.75 Å². The van der Waals surface area contributed by atoms with Gasteiger partial charge in [0.1, 0.15) is 5.75 Å². The lowest BCUT2D eigenvalue weighted by molar-refractivity contribution is 0.301. The smallest absolute Gasteiger partial charge is 0.122 e. The lowest BCUT2D eigenvalue weighted by Gasteiger charge is -2.13. The van der Waals surface area contributed by atoms with Crippen LogP contribution in [-0.4, -0.2) is 12.6 Å². The van der Waals surface area contributed by atoms with Gasteiger partial charge in [-0.25, -0.2) is 0 Å². The normalized spacial score (nSPS) is 12.4. The molecule has 0 aliphatic heterocycles. The third-order valence-corrected chi connectivity index (χ3v) is 3.81. The maximum atomic E-state index is 5.92. The molecule has 2 nitrogen and oxygen atoms in total. The molecule has 0 saturated heterocycles. The van der Waals surface area contributed by atoms with Crippen molar-refractivity contribution in [3.63, 3.8) is 0 Å². The second kappa shape index (κ2) is 10.2. The molecule has 20 heavy (non-hydrogen) atoms. The van der Waals surface area contributed by atoms with Gasteiger partial charge in [-0.05, 0) is 43.5 Å². The highest BCUT2D eigenvalue weighted by Crippen LogP contribution is 2.24. The van der Waals surface area contributed by atoms with E-state index in [1.165, 1.54) is 37.7 Å². The molecular weight excluding hydrogens is 314 g/mol. The van der Waals surface area contributed by atoms with E-state index in [2.05, 4.69) is 28.9 Å². The van der Waals surface area contributed by atoms with E-state index in [-0.39, 0.29) is 6.04 Å². The van der Waals surface area contributed by atoms with E-state index in [1.54, 1.807) is 0 Å². The first kappa shape index (κ1) is 17.5. The number of unbranched alkanes of at least 4 members (excludes halogenated alkanes) is 5. The van der Waals surface area contributed by atoms with Crippen molar-refractivity contribution in [2.24, 2.45) is 5.73 Å². The zero-order valence-electron chi connectivity index (χ0n) is 12.8. The van der Waals surface area contributed by atoms with E-state index in [0.29, 0.717) is 0 Å². The molecule has 0 aromatic heterocycles. The van der Waals surface area contributed by atoms with Gasteiger partial charge in [0, 0.05) is 10.5 Å². The van der Waals surface area contributed by atoms with E-state index < -0.39 is 0 Å². The highest BCUT2D eigenvalue weighted by molar-refractivity contribution is 9.10. The minimum Gasteiger partial charge on any atom is -0.493 e. The Hall–Kier alpha value is -0.540. The molecule has 0 amide bonds. The molecular formula is C17H28BrNO. The van der Waals surface area contributed by atoms with Crippen LogP contribution in [0.5, 0.6) is 5.75 Å². The lowest BCUT2D eigenvalue weighted by atomic mass is 10.1. The van der Waals surface area contributed by atoms with Crippen molar-refractivity contribution >= 4 is 15.9 Å². The highest BCUT2D eigenvalue weighted by Gasteiger charge is 2.07. The van der Waals surface area contributed by atoms with Gasteiger partial charge < -0.3 is 10.5 Å². The van der Waals surface area contributed by atoms with Crippen LogP contribution < -0.4 is 10.5 Å². The monoisotopic (exact) mass is 341 g/mol. The fourth-order valence-electron chi connectivity index (χ4n) is 2.26. The number of ether oxygens (including phenoxy) is 1. The number of rotatable bonds is 10. The Morgan fingerprint density at radius 1 is 1.15 bits per heavy atom. The van der Waals surface area contributed by atoms with Crippen molar-refractivity contribution in [2.75, 3.05) is 6.61 Å². The first-order valence-corrected chi connectivity index (χ1v) is 8.59. The summed E-state index contributed by atoms with van der Waals surface area (Å²) in [6.45, 7) is 5.08. The maximum absolute atomic E-state index is 5.92. The zero-order valence-corrected chi connectivity index (χ0v) is 14.4. The maximum Gasteiger partial charge on any atom is 0.122 e. The minimum absolute atomic E-state index is 0.153. The number of hydrogen-bond donors (Lipinski definition) is 1. The van der Waals surface area contributed by atoms with Crippen LogP contribution in [0.4, 0.5) is 0 Å². The number of nitrogens with two attached hydrogens (primary N) is 1. The topological polar surface area (TPSA) is 35.2 Å². The van der Waals surface area contributed by atoms with Gasteiger partial charge in [0.2, 0.25) is 0 Å². The van der Waals surface area contributed by atoms with Crippen molar-refractivity contribution in [2.45, 2.75) is 64.8 Å². The standard InChI is InChI=1S/C17H28BrNO/c1-3-4-5-6-7-8-11-20-17-10-9-16(18)13-15(17)12-14(2)19/h9-10,13-14H,3-8,11-12,19H2,1-2H3. The average molecular weight is 342 g/mol. The summed E-state index contributed by atoms with van der Waals surface area (Å²) in [7, 11) is 0. The third kappa shape index (κ3) is 7.30. The predicted octanol–water partition coefficient (Wildman–Crippen LogP) is 5.08. The van der Waals surface area contributed by atoms with Gasteiger partial charge >= 0.3 is 0 Å². The molecule has 0 aliphatic rings. The second-order valence-corrected chi connectivity index (χ2v) is 6.47. The summed E-state index contributed by atoms with van der Waals surface area (Å²) in [4.78, 5) is 0. The lowest BCUT2D eigenvalue weighted by Crippen LogP contribution is -2.18. The van der Waals surface area contributed by atoms with E-state index in [4.69, 9.17) is 10.5 Å². The van der Waals surface area contributed by atoms with E-state index >= 15 is 0 Å². The van der Waals surface area contributed by atoms with Crippen LogP contribution in [-0.2, 0) is 6.42 Å². The summed E-state index contributed by atoms with van der Waals surface area (Å²) in [5.74, 6) is 0.985. The van der Waals surface area contributed by atoms with Gasteiger partial charge in [-0.1, -0.05) is 55.0 Å². The Balaban J connectivity index is 2.35. The molecule has 3 heteroatoms. The molecule has 0 fully saturated rings. The highest BCUT2D eigenvalue weighted by atomic mass is 79.9. The van der Waals surface area contributed by atoms with Crippen LogP contribution in [0.2, 0.25) is 0 Å². The van der Waals surface area contributed by atoms with Gasteiger partial charge in [-0.2, -0.15) is 0 Å². The van der Waals surface area contributed by atoms with Gasteiger partial charge in [0.25, 0.3) is 0 Å². The summed E-state index contributed by atoms with van der Waals surface area (Å²) in [5.41, 5.74) is 7.09. The first-order chi connectivity index (χ1) is 9.63. The van der Waals surface area contributed by atoms with Crippen LogP contribution in [0.25, 0.3) is 0 Å². The summed E-state index contributed by atoms with van der Waals surface area (Å²) in [5, 5.41) is 0. The fraction of sp³-hybridized carbons (Fsp3) is 0.647. The molecule has 1 unspecified atom stereocenters. The Morgan fingerprint density at radius 2 is 1.85 bits per heavy atom. The summed E-state index contributed by atoms with van der Waals surface area (Å²) >= 11 is 3.51. The van der Waals surface area contributed by atoms with Crippen LogP contribution in [0.15, 0.2) is 22.7 Å². The SMILES string of the molecule is CCCCCCCCOc1ccc(Br)cc1CC(C)N. The molecule has 0 radical (unpaired) electrons. The van der Waals surface area contributed by atoms with Crippen molar-refractivity contribution < 1.29 is 4.74 Å². The van der Waals surface area contributed by atoms with Gasteiger partial charge in [-0.3, -0.25) is 0 Å². The minimum atomic E-state index is 0.153. The summed E-state index contributed by atoms with van der Waals surface area (Å²) in [6, 6.07) is 6.33. The van der Waals surface area contributed by atoms with Gasteiger partial charge in [-0.15, -0.1) is 0 Å². The zero-order chi connectivity index (χ0) is 14.8. The molecule has 0 heterocycles. The molecule has 0 spiro atoms. The number of benzene rings is 1. The summed E-state index contributed by atoms with van der Waals surface area (Å²) < 4.78 is 7.01. The average Bonchev–Trinajstić information content (AvgIpc) is 2.39. The molecule has 0 saturated carbocycles. The van der Waals surface area contributed by atoms with E-state index in [9.17, 15) is 0 Å². The Labute approximate surface area is 132 Å². The number of hydrogen-bond acceptors (Lipinski definition) is 2. The van der Waals surface area contributed by atoms with Gasteiger partial charge in [0.05, 0.1) is 6.61 Å². The third-order valence-electron chi connectivity index (χ3n) is 3.32. The van der Waals surface area contributed by atoms with Crippen molar-refractivity contribution in [3.05, 3.63) is 28.2 Å². The van der Waals surface area contributed by atoms with Crippen LogP contribution >= 0.6 is 15.9 Å². The van der Waals surface area contributed by atoms with Gasteiger partial charge in [0.15, 0.2) is 0 Å². The van der Waals surface area contributed by atoms with Crippen LogP contribution in [0.1, 0.15) is 57.9 Å². The first-order valence-electron chi connectivity index (χ1n) is 7.80. The fourth-order valence-corrected chi connectivity index (χ4v) is 2.67. The van der Waals surface area contributed by atoms with Crippen LogP contribution in [0.3, 0.4) is 0 Å². The second-order valence-electron chi connectivity index (χ2n) is 5.55. The van der Waals surface area contributed by atoms with Crippen molar-refractivity contribution in [1.82, 2.24) is 0 Å². The molecule has 1 atom stereocenters. The number of halogens is 1. The molecule has 1 aromatic rings. The van der Waals surface area contributed by atoms with E-state index in [0.717, 1.165) is 29.7 Å². The predicted molar refractivity (Wildman–Crippen MR) is 90.4 cm³/mol. The largest absolute Gasteiger partial charge is 0.493 e. The molecule has 2 N–H and O–H groups in total. The Kier molecular flexibility index (Phi) is 8.95. The van der Waals surface area contributed by atoms with Crippen molar-refractivity contribution in [1.29, 1.82) is 0 Å². The Bertz CT molecular complexity index is 379. The molecule has 114 valence electrons. The molecule has 1 aromatic carbocycles. The molecule has 1 rings (SSSR count). The quantitative estimate of drug-likeness (QED) is 0.602. The Morgan fingerprint density at radius 3 is 2.55 bits per heavy atom. The van der Waals surface area contributed by atoms with Crippen LogP contribution in [0, 0.1) is 0 Å².